The lowest BCUT2D eigenvalue weighted by atomic mass is 10.0. The number of hydrogen-bond acceptors (Lipinski definition) is 5. The number of rotatable bonds is 5. The first kappa shape index (κ1) is 20.0. The van der Waals surface area contributed by atoms with Crippen LogP contribution < -0.4 is 5.32 Å². The number of piperidine rings is 1. The molecule has 0 radical (unpaired) electrons. The van der Waals surface area contributed by atoms with E-state index in [1.807, 2.05) is 6.92 Å². The average molecular weight is 392 g/mol. The summed E-state index contributed by atoms with van der Waals surface area (Å²) in [5, 5.41) is 2.58. The van der Waals surface area contributed by atoms with Crippen molar-refractivity contribution in [2.24, 2.45) is 4.99 Å². The summed E-state index contributed by atoms with van der Waals surface area (Å²) in [7, 11) is 0. The highest BCUT2D eigenvalue weighted by Crippen LogP contribution is 2.28. The predicted molar refractivity (Wildman–Crippen MR) is 96.2 cm³/mol. The Labute approximate surface area is 157 Å². The van der Waals surface area contributed by atoms with Gasteiger partial charge in [-0.15, -0.1) is 11.6 Å². The predicted octanol–water partition coefficient (Wildman–Crippen LogP) is 2.27. The van der Waals surface area contributed by atoms with Crippen molar-refractivity contribution in [2.45, 2.75) is 44.7 Å². The molecule has 3 atom stereocenters. The maximum absolute atomic E-state index is 12.5. The summed E-state index contributed by atoms with van der Waals surface area (Å²) >= 11 is 12.2. The zero-order valence-corrected chi connectivity index (χ0v) is 16.1. The van der Waals surface area contributed by atoms with Crippen LogP contribution in [-0.2, 0) is 14.3 Å². The zero-order valence-electron chi connectivity index (χ0n) is 14.6. The van der Waals surface area contributed by atoms with Crippen LogP contribution in [0.1, 0.15) is 27.2 Å². The Kier molecular flexibility index (Phi) is 7.10. The van der Waals surface area contributed by atoms with Gasteiger partial charge in [0, 0.05) is 18.9 Å². The van der Waals surface area contributed by atoms with Crippen molar-refractivity contribution >= 4 is 40.9 Å². The van der Waals surface area contributed by atoms with Crippen LogP contribution in [0.3, 0.4) is 0 Å². The molecule has 140 valence electrons. The number of allylic oxidation sites excluding steroid dienone is 1. The lowest BCUT2D eigenvalue weighted by Gasteiger charge is -2.37. The van der Waals surface area contributed by atoms with Crippen molar-refractivity contribution < 1.29 is 19.1 Å². The Balaban J connectivity index is 2.03. The van der Waals surface area contributed by atoms with Gasteiger partial charge in [-0.05, 0) is 27.2 Å². The van der Waals surface area contributed by atoms with Crippen molar-refractivity contribution in [3.8, 4) is 0 Å². The molecule has 25 heavy (non-hydrogen) atoms. The van der Waals surface area contributed by atoms with Gasteiger partial charge in [-0.2, -0.15) is 0 Å². The SMILES string of the molecule is CCOC(=O)N1CC[C@@H](NC(=O)C2=C(Cl)C(Cl)C(C)=N2)[C@@H](OCC)C1. The molecule has 2 aliphatic rings. The third kappa shape index (κ3) is 4.65. The molecule has 0 saturated carbocycles. The van der Waals surface area contributed by atoms with E-state index in [2.05, 4.69) is 10.3 Å². The first-order valence-electron chi connectivity index (χ1n) is 8.32. The van der Waals surface area contributed by atoms with E-state index in [1.54, 1.807) is 18.7 Å². The van der Waals surface area contributed by atoms with Crippen molar-refractivity contribution in [3.63, 3.8) is 0 Å². The summed E-state index contributed by atoms with van der Waals surface area (Å²) in [6.07, 6.45) is -0.152. The number of carbonyl (C=O) groups excluding carboxylic acids is 2. The van der Waals surface area contributed by atoms with Crippen molar-refractivity contribution in [2.75, 3.05) is 26.3 Å². The largest absolute Gasteiger partial charge is 0.450 e. The Morgan fingerprint density at radius 2 is 2.08 bits per heavy atom. The topological polar surface area (TPSA) is 80.2 Å². The molecule has 2 heterocycles. The third-order valence-electron chi connectivity index (χ3n) is 4.10. The standard InChI is InChI=1S/C16H23Cl2N3O4/c1-4-24-11-8-21(16(23)25-5-2)7-6-10(11)20-15(22)14-13(18)12(17)9(3)19-14/h10-12H,4-8H2,1-3H3,(H,20,22)/t10-,11+,12?/m1/s1. The molecule has 2 rings (SSSR count). The van der Waals surface area contributed by atoms with Crippen LogP contribution in [0.5, 0.6) is 0 Å². The van der Waals surface area contributed by atoms with E-state index in [4.69, 9.17) is 32.7 Å². The maximum atomic E-state index is 12.5. The van der Waals surface area contributed by atoms with E-state index in [-0.39, 0.29) is 34.9 Å². The van der Waals surface area contributed by atoms with E-state index in [1.165, 1.54) is 0 Å². The van der Waals surface area contributed by atoms with Crippen LogP contribution in [-0.4, -0.2) is 66.4 Å². The summed E-state index contributed by atoms with van der Waals surface area (Å²) in [4.78, 5) is 30.1. The Morgan fingerprint density at radius 1 is 1.36 bits per heavy atom. The van der Waals surface area contributed by atoms with Crippen LogP contribution in [0.15, 0.2) is 15.7 Å². The highest BCUT2D eigenvalue weighted by Gasteiger charge is 2.35. The second kappa shape index (κ2) is 8.87. The zero-order chi connectivity index (χ0) is 18.6. The highest BCUT2D eigenvalue weighted by atomic mass is 35.5. The second-order valence-corrected chi connectivity index (χ2v) is 6.66. The number of halogens is 2. The molecular weight excluding hydrogens is 369 g/mol. The minimum atomic E-state index is -0.559. The molecule has 0 spiro atoms. The number of amides is 2. The number of hydrogen-bond donors (Lipinski definition) is 1. The number of nitrogens with zero attached hydrogens (tertiary/aromatic N) is 2. The Hall–Kier alpha value is -1.31. The van der Waals surface area contributed by atoms with Gasteiger partial charge in [-0.3, -0.25) is 4.79 Å². The molecule has 0 bridgehead atoms. The second-order valence-electron chi connectivity index (χ2n) is 5.82. The van der Waals surface area contributed by atoms with Crippen LogP contribution in [0, 0.1) is 0 Å². The molecule has 1 saturated heterocycles. The van der Waals surface area contributed by atoms with E-state index in [0.717, 1.165) is 0 Å². The number of carbonyl (C=O) groups is 2. The Bertz CT molecular complexity index is 594. The van der Waals surface area contributed by atoms with Crippen LogP contribution in [0.2, 0.25) is 0 Å². The highest BCUT2D eigenvalue weighted by molar-refractivity contribution is 6.46. The number of alkyl halides is 1. The smallest absolute Gasteiger partial charge is 0.409 e. The summed E-state index contributed by atoms with van der Waals surface area (Å²) in [5.41, 5.74) is 0.734. The fourth-order valence-corrected chi connectivity index (χ4v) is 3.27. The van der Waals surface area contributed by atoms with E-state index >= 15 is 0 Å². The molecule has 0 aliphatic carbocycles. The quantitative estimate of drug-likeness (QED) is 0.728. The van der Waals surface area contributed by atoms with E-state index in [9.17, 15) is 9.59 Å². The molecular formula is C16H23Cl2N3O4. The molecule has 1 fully saturated rings. The fourth-order valence-electron chi connectivity index (χ4n) is 2.83. The van der Waals surface area contributed by atoms with Crippen molar-refractivity contribution in [3.05, 3.63) is 10.7 Å². The monoisotopic (exact) mass is 391 g/mol. The minimum Gasteiger partial charge on any atom is -0.450 e. The van der Waals surface area contributed by atoms with Crippen molar-refractivity contribution in [1.82, 2.24) is 10.2 Å². The molecule has 7 nitrogen and oxygen atoms in total. The maximum Gasteiger partial charge on any atom is 0.409 e. The minimum absolute atomic E-state index is 0.141. The van der Waals surface area contributed by atoms with Crippen molar-refractivity contribution in [1.29, 1.82) is 0 Å². The molecule has 0 aromatic heterocycles. The first-order valence-corrected chi connectivity index (χ1v) is 9.13. The van der Waals surface area contributed by atoms with Gasteiger partial charge in [-0.1, -0.05) is 11.6 Å². The Morgan fingerprint density at radius 3 is 2.64 bits per heavy atom. The molecule has 2 amide bonds. The molecule has 1 N–H and O–H groups in total. The van der Waals surface area contributed by atoms with Crippen LogP contribution in [0.4, 0.5) is 4.79 Å². The first-order chi connectivity index (χ1) is 11.9. The van der Waals surface area contributed by atoms with Crippen LogP contribution >= 0.6 is 23.2 Å². The molecule has 9 heteroatoms. The van der Waals surface area contributed by atoms with Gasteiger partial charge in [0.15, 0.2) is 0 Å². The third-order valence-corrected chi connectivity index (χ3v) is 5.14. The van der Waals surface area contributed by atoms with E-state index < -0.39 is 5.38 Å². The number of nitrogens with one attached hydrogen (secondary N) is 1. The summed E-state index contributed by atoms with van der Waals surface area (Å²) < 4.78 is 10.7. The van der Waals surface area contributed by atoms with Gasteiger partial charge in [-0.25, -0.2) is 9.79 Å². The van der Waals surface area contributed by atoms with Gasteiger partial charge in [0.25, 0.3) is 5.91 Å². The average Bonchev–Trinajstić information content (AvgIpc) is 2.84. The normalized spacial score (nSPS) is 26.5. The van der Waals surface area contributed by atoms with E-state index in [0.29, 0.717) is 38.4 Å². The van der Waals surface area contributed by atoms with Gasteiger partial charge >= 0.3 is 6.09 Å². The molecule has 1 unspecified atom stereocenters. The summed E-state index contributed by atoms with van der Waals surface area (Å²) in [6.45, 7) is 6.96. The fraction of sp³-hybridized carbons (Fsp3) is 0.688. The number of likely N-dealkylation sites (tertiary alicyclic amines) is 1. The van der Waals surface area contributed by atoms with Gasteiger partial charge < -0.3 is 19.7 Å². The number of ether oxygens (including phenoxy) is 2. The van der Waals surface area contributed by atoms with Gasteiger partial charge in [0.1, 0.15) is 11.1 Å². The molecule has 0 aromatic rings. The lowest BCUT2D eigenvalue weighted by Crippen LogP contribution is -2.56. The molecule has 0 aromatic carbocycles. The van der Waals surface area contributed by atoms with Crippen LogP contribution in [0.25, 0.3) is 0 Å². The summed E-state index contributed by atoms with van der Waals surface area (Å²) in [6, 6.07) is -0.250. The number of aliphatic imine (C=N–C) groups is 1. The molecule has 2 aliphatic heterocycles. The van der Waals surface area contributed by atoms with Gasteiger partial charge in [0.2, 0.25) is 0 Å². The summed E-state index contributed by atoms with van der Waals surface area (Å²) in [5.74, 6) is -0.383. The lowest BCUT2D eigenvalue weighted by molar-refractivity contribution is -0.120. The van der Waals surface area contributed by atoms with Gasteiger partial charge in [0.05, 0.1) is 30.3 Å².